The summed E-state index contributed by atoms with van der Waals surface area (Å²) in [6, 6.07) is 7.70. The van der Waals surface area contributed by atoms with Crippen LogP contribution in [0.3, 0.4) is 0 Å². The van der Waals surface area contributed by atoms with E-state index in [1.807, 2.05) is 12.1 Å². The first-order valence-corrected chi connectivity index (χ1v) is 6.81. The van der Waals surface area contributed by atoms with Gasteiger partial charge in [-0.1, -0.05) is 0 Å². The van der Waals surface area contributed by atoms with Crippen molar-refractivity contribution >= 4 is 0 Å². The van der Waals surface area contributed by atoms with Crippen molar-refractivity contribution in [1.29, 1.82) is 0 Å². The molecule has 0 spiro atoms. The van der Waals surface area contributed by atoms with Gasteiger partial charge in [0.2, 0.25) is 5.82 Å². The van der Waals surface area contributed by atoms with Gasteiger partial charge in [0.15, 0.2) is 0 Å². The van der Waals surface area contributed by atoms with Gasteiger partial charge in [0, 0.05) is 17.7 Å². The molecule has 3 rings (SSSR count). The second-order valence-electron chi connectivity index (χ2n) is 4.95. The number of tetrazole rings is 1. The standard InChI is InChI=1S/C14H16FN5O/c15-7-10(8-16)9-21-13-5-1-11(2-6-13)14-17-19-20(18-14)12-3-4-12/h1-2,5-7,12H,3-4,8-9,16H2/b10-7+. The summed E-state index contributed by atoms with van der Waals surface area (Å²) in [4.78, 5) is 1.67. The molecule has 1 fully saturated rings. The lowest BCUT2D eigenvalue weighted by atomic mass is 10.2. The van der Waals surface area contributed by atoms with E-state index in [-0.39, 0.29) is 13.2 Å². The van der Waals surface area contributed by atoms with Crippen LogP contribution in [0.1, 0.15) is 18.9 Å². The fourth-order valence-corrected chi connectivity index (χ4v) is 1.81. The molecule has 1 aliphatic rings. The van der Waals surface area contributed by atoms with E-state index in [1.54, 1.807) is 16.9 Å². The lowest BCUT2D eigenvalue weighted by molar-refractivity contribution is 0.347. The molecule has 1 aromatic heterocycles. The van der Waals surface area contributed by atoms with E-state index < -0.39 is 0 Å². The van der Waals surface area contributed by atoms with Crippen molar-refractivity contribution in [3.63, 3.8) is 0 Å². The van der Waals surface area contributed by atoms with Gasteiger partial charge in [-0.15, -0.1) is 10.2 Å². The van der Waals surface area contributed by atoms with Crippen LogP contribution in [0.2, 0.25) is 0 Å². The van der Waals surface area contributed by atoms with Crippen LogP contribution in [-0.2, 0) is 0 Å². The molecular weight excluding hydrogens is 273 g/mol. The van der Waals surface area contributed by atoms with Gasteiger partial charge in [-0.3, -0.25) is 0 Å². The van der Waals surface area contributed by atoms with Crippen LogP contribution >= 0.6 is 0 Å². The number of aromatic nitrogens is 4. The summed E-state index contributed by atoms with van der Waals surface area (Å²) in [5.74, 6) is 1.24. The topological polar surface area (TPSA) is 78.9 Å². The lowest BCUT2D eigenvalue weighted by Gasteiger charge is -2.07. The SMILES string of the molecule is NC/C(=C\F)COc1ccc(-c2nnn(C3CC3)n2)cc1. The Hall–Kier alpha value is -2.28. The maximum absolute atomic E-state index is 12.4. The Morgan fingerprint density at radius 3 is 2.76 bits per heavy atom. The van der Waals surface area contributed by atoms with Crippen molar-refractivity contribution in [2.24, 2.45) is 5.73 Å². The Kier molecular flexibility index (Phi) is 3.92. The number of ether oxygens (including phenoxy) is 1. The van der Waals surface area contributed by atoms with Crippen LogP contribution in [0.4, 0.5) is 4.39 Å². The molecule has 1 saturated carbocycles. The monoisotopic (exact) mass is 289 g/mol. The normalized spacial score (nSPS) is 15.2. The highest BCUT2D eigenvalue weighted by molar-refractivity contribution is 5.55. The van der Waals surface area contributed by atoms with Gasteiger partial charge in [0.25, 0.3) is 0 Å². The predicted octanol–water partition coefficient (Wildman–Crippen LogP) is 1.87. The maximum Gasteiger partial charge on any atom is 0.204 e. The molecule has 0 bridgehead atoms. The highest BCUT2D eigenvalue weighted by Crippen LogP contribution is 2.33. The summed E-state index contributed by atoms with van der Waals surface area (Å²) < 4.78 is 17.8. The van der Waals surface area contributed by atoms with E-state index in [0.717, 1.165) is 18.4 Å². The average molecular weight is 289 g/mol. The highest BCUT2D eigenvalue weighted by Gasteiger charge is 2.26. The molecule has 0 amide bonds. The third-order valence-electron chi connectivity index (χ3n) is 3.25. The van der Waals surface area contributed by atoms with Crippen molar-refractivity contribution in [2.75, 3.05) is 13.2 Å². The first-order valence-electron chi connectivity index (χ1n) is 6.81. The number of hydrogen-bond acceptors (Lipinski definition) is 5. The Labute approximate surface area is 121 Å². The molecule has 6 nitrogen and oxygen atoms in total. The van der Waals surface area contributed by atoms with Crippen molar-refractivity contribution in [1.82, 2.24) is 20.2 Å². The molecule has 1 aromatic carbocycles. The smallest absolute Gasteiger partial charge is 0.204 e. The molecule has 2 aromatic rings. The molecular formula is C14H16FN5O. The molecule has 1 heterocycles. The molecule has 0 unspecified atom stereocenters. The quantitative estimate of drug-likeness (QED) is 0.878. The molecule has 7 heteroatoms. The average Bonchev–Trinajstić information content (AvgIpc) is 3.26. The molecule has 1 aliphatic carbocycles. The Morgan fingerprint density at radius 2 is 2.14 bits per heavy atom. The fraction of sp³-hybridized carbons (Fsp3) is 0.357. The summed E-state index contributed by atoms with van der Waals surface area (Å²) in [5.41, 5.74) is 6.65. The van der Waals surface area contributed by atoms with Crippen molar-refractivity contribution in [3.8, 4) is 17.1 Å². The third-order valence-corrected chi connectivity index (χ3v) is 3.25. The fourth-order valence-electron chi connectivity index (χ4n) is 1.81. The Bertz CT molecular complexity index is 633. The van der Waals surface area contributed by atoms with Gasteiger partial charge >= 0.3 is 0 Å². The largest absolute Gasteiger partial charge is 0.489 e. The Balaban J connectivity index is 1.65. The van der Waals surface area contributed by atoms with Crippen molar-refractivity contribution < 1.29 is 9.13 Å². The molecule has 0 aliphatic heterocycles. The van der Waals surface area contributed by atoms with E-state index in [0.29, 0.717) is 29.5 Å². The zero-order valence-corrected chi connectivity index (χ0v) is 11.4. The summed E-state index contributed by atoms with van der Waals surface area (Å²) in [7, 11) is 0. The minimum Gasteiger partial charge on any atom is -0.489 e. The van der Waals surface area contributed by atoms with Gasteiger partial charge in [-0.2, -0.15) is 4.80 Å². The van der Waals surface area contributed by atoms with Gasteiger partial charge in [0.05, 0.1) is 12.4 Å². The molecule has 110 valence electrons. The predicted molar refractivity (Wildman–Crippen MR) is 75.3 cm³/mol. The van der Waals surface area contributed by atoms with E-state index in [1.165, 1.54) is 0 Å². The van der Waals surface area contributed by atoms with Crippen LogP contribution in [0.5, 0.6) is 5.75 Å². The number of hydrogen-bond donors (Lipinski definition) is 1. The Morgan fingerprint density at radius 1 is 1.38 bits per heavy atom. The van der Waals surface area contributed by atoms with Crippen LogP contribution in [-0.4, -0.2) is 33.4 Å². The van der Waals surface area contributed by atoms with Gasteiger partial charge in [-0.05, 0) is 42.3 Å². The summed E-state index contributed by atoms with van der Waals surface area (Å²) in [6.07, 6.45) is 2.72. The number of rotatable bonds is 6. The number of nitrogens with zero attached hydrogens (tertiary/aromatic N) is 4. The van der Waals surface area contributed by atoms with Crippen molar-refractivity contribution in [2.45, 2.75) is 18.9 Å². The summed E-state index contributed by atoms with van der Waals surface area (Å²) in [6.45, 7) is 0.283. The second kappa shape index (κ2) is 6.01. The molecule has 0 radical (unpaired) electrons. The molecule has 0 saturated heterocycles. The minimum absolute atomic E-state index is 0.141. The highest BCUT2D eigenvalue weighted by atomic mass is 19.1. The van der Waals surface area contributed by atoms with Gasteiger partial charge in [-0.25, -0.2) is 4.39 Å². The number of benzene rings is 1. The zero-order chi connectivity index (χ0) is 14.7. The van der Waals surface area contributed by atoms with E-state index in [9.17, 15) is 4.39 Å². The first-order chi connectivity index (χ1) is 10.3. The van der Waals surface area contributed by atoms with E-state index >= 15 is 0 Å². The lowest BCUT2D eigenvalue weighted by Crippen LogP contribution is -2.10. The molecule has 0 atom stereocenters. The van der Waals surface area contributed by atoms with Gasteiger partial charge in [0.1, 0.15) is 12.4 Å². The zero-order valence-electron chi connectivity index (χ0n) is 11.4. The van der Waals surface area contributed by atoms with Crippen LogP contribution in [0.15, 0.2) is 36.2 Å². The molecule has 2 N–H and O–H groups in total. The maximum atomic E-state index is 12.4. The first kappa shape index (κ1) is 13.7. The number of halogens is 1. The second-order valence-corrected chi connectivity index (χ2v) is 4.95. The van der Waals surface area contributed by atoms with Crippen LogP contribution < -0.4 is 10.5 Å². The summed E-state index contributed by atoms with van der Waals surface area (Å²) in [5, 5.41) is 12.4. The van der Waals surface area contributed by atoms with Crippen LogP contribution in [0, 0.1) is 0 Å². The van der Waals surface area contributed by atoms with Gasteiger partial charge < -0.3 is 10.5 Å². The van der Waals surface area contributed by atoms with Crippen molar-refractivity contribution in [3.05, 3.63) is 36.2 Å². The van der Waals surface area contributed by atoms with Crippen LogP contribution in [0.25, 0.3) is 11.4 Å². The number of nitrogens with two attached hydrogens (primary N) is 1. The van der Waals surface area contributed by atoms with E-state index in [2.05, 4.69) is 15.4 Å². The molecule has 21 heavy (non-hydrogen) atoms. The summed E-state index contributed by atoms with van der Waals surface area (Å²) >= 11 is 0. The third kappa shape index (κ3) is 3.25. The van der Waals surface area contributed by atoms with E-state index in [4.69, 9.17) is 10.5 Å². The minimum atomic E-state index is 0.141.